The largest absolute Gasteiger partial charge is 0.493 e. The van der Waals surface area contributed by atoms with Crippen molar-refractivity contribution in [2.24, 2.45) is 5.92 Å². The molecule has 0 bridgehead atoms. The third-order valence-electron chi connectivity index (χ3n) is 8.79. The van der Waals surface area contributed by atoms with Crippen molar-refractivity contribution < 1.29 is 23.9 Å². The lowest BCUT2D eigenvalue weighted by Gasteiger charge is -2.18. The molecular weight excluding hydrogens is 705 g/mol. The lowest BCUT2D eigenvalue weighted by Crippen LogP contribution is -2.30. The molecule has 53 heavy (non-hydrogen) atoms. The van der Waals surface area contributed by atoms with Crippen LogP contribution in [-0.4, -0.2) is 31.9 Å². The summed E-state index contributed by atoms with van der Waals surface area (Å²) < 4.78 is 10.8. The number of benzene rings is 4. The minimum Gasteiger partial charge on any atom is -0.493 e. The third-order valence-corrected chi connectivity index (χ3v) is 11.2. The molecule has 0 aliphatic heterocycles. The fraction of sp³-hybridized carbons (Fsp3) is 0.190. The number of amides is 3. The van der Waals surface area contributed by atoms with Crippen molar-refractivity contribution in [2.75, 3.05) is 24.9 Å². The second-order valence-corrected chi connectivity index (χ2v) is 14.8. The van der Waals surface area contributed by atoms with E-state index < -0.39 is 17.1 Å². The predicted molar refractivity (Wildman–Crippen MR) is 210 cm³/mol. The van der Waals surface area contributed by atoms with Crippen LogP contribution in [0.2, 0.25) is 0 Å². The van der Waals surface area contributed by atoms with Crippen LogP contribution in [0.4, 0.5) is 10.7 Å². The van der Waals surface area contributed by atoms with E-state index >= 15 is 0 Å². The molecule has 5 aromatic rings. The van der Waals surface area contributed by atoms with Gasteiger partial charge in [-0.2, -0.15) is 5.26 Å². The summed E-state index contributed by atoms with van der Waals surface area (Å²) in [5.41, 5.74) is 3.87. The Morgan fingerprint density at radius 2 is 1.64 bits per heavy atom. The quantitative estimate of drug-likeness (QED) is 0.0862. The van der Waals surface area contributed by atoms with Gasteiger partial charge in [0.05, 0.1) is 19.8 Å². The molecule has 2 atom stereocenters. The Morgan fingerprint density at radius 3 is 2.36 bits per heavy atom. The number of thioether (sulfide) groups is 1. The van der Waals surface area contributed by atoms with Crippen molar-refractivity contribution in [1.29, 1.82) is 5.26 Å². The molecule has 3 amide bonds. The van der Waals surface area contributed by atoms with Crippen LogP contribution in [0.15, 0.2) is 114 Å². The molecule has 0 spiro atoms. The van der Waals surface area contributed by atoms with Crippen molar-refractivity contribution >= 4 is 57.6 Å². The van der Waals surface area contributed by atoms with Crippen LogP contribution >= 0.6 is 23.1 Å². The number of fused-ring (bicyclic) bond motifs is 1. The second kappa shape index (κ2) is 17.1. The van der Waals surface area contributed by atoms with Crippen molar-refractivity contribution in [3.63, 3.8) is 0 Å². The smallest absolute Gasteiger partial charge is 0.272 e. The second-order valence-electron chi connectivity index (χ2n) is 12.5. The van der Waals surface area contributed by atoms with Gasteiger partial charge < -0.3 is 25.4 Å². The van der Waals surface area contributed by atoms with Gasteiger partial charge in [-0.15, -0.1) is 23.1 Å². The van der Waals surface area contributed by atoms with Crippen molar-refractivity contribution in [1.82, 2.24) is 5.32 Å². The number of nitriles is 1. The van der Waals surface area contributed by atoms with E-state index in [9.17, 15) is 19.6 Å². The maximum atomic E-state index is 14.0. The predicted octanol–water partition coefficient (Wildman–Crippen LogP) is 8.64. The number of carbonyl (C=O) groups excluding carboxylic acids is 3. The highest BCUT2D eigenvalue weighted by Gasteiger charge is 2.28. The lowest BCUT2D eigenvalue weighted by atomic mass is 9.88. The summed E-state index contributed by atoms with van der Waals surface area (Å²) in [7, 11) is 3.06. The van der Waals surface area contributed by atoms with Crippen LogP contribution in [0.3, 0.4) is 0 Å². The number of nitrogens with one attached hydrogen (secondary N) is 3. The van der Waals surface area contributed by atoms with Crippen molar-refractivity contribution in [3.05, 3.63) is 142 Å². The highest BCUT2D eigenvalue weighted by molar-refractivity contribution is 8.00. The van der Waals surface area contributed by atoms with Gasteiger partial charge in [0.15, 0.2) is 11.5 Å². The molecule has 1 aliphatic carbocycles. The van der Waals surface area contributed by atoms with E-state index in [1.807, 2.05) is 36.4 Å². The molecule has 1 aliphatic rings. The number of hydrogen-bond acceptors (Lipinski definition) is 8. The van der Waals surface area contributed by atoms with Gasteiger partial charge in [0, 0.05) is 21.0 Å². The first-order chi connectivity index (χ1) is 25.8. The van der Waals surface area contributed by atoms with Crippen LogP contribution in [0.5, 0.6) is 11.5 Å². The number of nitrogens with zero attached hydrogens (tertiary/aromatic N) is 1. The Bertz CT molecular complexity index is 2190. The van der Waals surface area contributed by atoms with Crippen LogP contribution < -0.4 is 25.4 Å². The van der Waals surface area contributed by atoms with Gasteiger partial charge in [0.1, 0.15) is 22.0 Å². The van der Waals surface area contributed by atoms with Gasteiger partial charge in [-0.05, 0) is 90.4 Å². The normalized spacial score (nSPS) is 14.2. The molecule has 0 fully saturated rings. The molecule has 1 aromatic heterocycles. The molecule has 268 valence electrons. The zero-order valence-corrected chi connectivity index (χ0v) is 31.1. The van der Waals surface area contributed by atoms with Crippen LogP contribution in [0.1, 0.15) is 56.1 Å². The Labute approximate surface area is 317 Å². The van der Waals surface area contributed by atoms with Crippen molar-refractivity contribution in [2.45, 2.75) is 36.3 Å². The number of hydrogen-bond donors (Lipinski definition) is 3. The first kappa shape index (κ1) is 36.9. The summed E-state index contributed by atoms with van der Waals surface area (Å²) in [6.07, 6.45) is 4.32. The molecule has 0 radical (unpaired) electrons. The molecule has 1 heterocycles. The van der Waals surface area contributed by atoms with Crippen LogP contribution in [0, 0.1) is 17.2 Å². The van der Waals surface area contributed by atoms with E-state index in [0.717, 1.165) is 35.3 Å². The molecule has 6 rings (SSSR count). The SMILES string of the molecule is COc1ccc(/C=C(/NC(=O)c2ccccc2)C(=O)Nc2cccc(SC(C(=O)Nc3sc4c(c3C#N)CCC(C)C4)c3ccccc3)c2)cc1OC. The molecule has 2 unspecified atom stereocenters. The fourth-order valence-corrected chi connectivity index (χ4v) is 8.52. The third kappa shape index (κ3) is 8.98. The first-order valence-corrected chi connectivity index (χ1v) is 18.7. The summed E-state index contributed by atoms with van der Waals surface area (Å²) in [6, 6.07) is 32.8. The molecule has 0 saturated carbocycles. The Morgan fingerprint density at radius 1 is 0.906 bits per heavy atom. The summed E-state index contributed by atoms with van der Waals surface area (Å²) in [4.78, 5) is 43.0. The molecule has 0 saturated heterocycles. The van der Waals surface area contributed by atoms with E-state index in [1.54, 1.807) is 72.8 Å². The minimum atomic E-state index is -0.655. The van der Waals surface area contributed by atoms with Crippen LogP contribution in [0.25, 0.3) is 6.08 Å². The monoisotopic (exact) mass is 742 g/mol. The van der Waals surface area contributed by atoms with E-state index in [1.165, 1.54) is 42.2 Å². The zero-order valence-electron chi connectivity index (χ0n) is 29.5. The Hall–Kier alpha value is -5.83. The number of carbonyl (C=O) groups is 3. The Kier molecular flexibility index (Phi) is 11.9. The van der Waals surface area contributed by atoms with Gasteiger partial charge in [-0.25, -0.2) is 0 Å². The van der Waals surface area contributed by atoms with Gasteiger partial charge in [0.25, 0.3) is 11.8 Å². The summed E-state index contributed by atoms with van der Waals surface area (Å²) in [5.74, 6) is 0.277. The summed E-state index contributed by atoms with van der Waals surface area (Å²) in [6.45, 7) is 2.21. The van der Waals surface area contributed by atoms with Gasteiger partial charge in [-0.3, -0.25) is 14.4 Å². The average Bonchev–Trinajstić information content (AvgIpc) is 3.52. The highest BCUT2D eigenvalue weighted by atomic mass is 32.2. The number of ether oxygens (including phenoxy) is 2. The molecule has 3 N–H and O–H groups in total. The molecule has 4 aromatic carbocycles. The summed E-state index contributed by atoms with van der Waals surface area (Å²) >= 11 is 2.83. The Balaban J connectivity index is 1.25. The van der Waals surface area contributed by atoms with Gasteiger partial charge in [-0.1, -0.05) is 67.6 Å². The van der Waals surface area contributed by atoms with E-state index in [2.05, 4.69) is 28.9 Å². The van der Waals surface area contributed by atoms with Gasteiger partial charge in [0.2, 0.25) is 5.91 Å². The average molecular weight is 743 g/mol. The van der Waals surface area contributed by atoms with E-state index in [0.29, 0.717) is 44.8 Å². The topological polar surface area (TPSA) is 130 Å². The highest BCUT2D eigenvalue weighted by Crippen LogP contribution is 2.42. The van der Waals surface area contributed by atoms with E-state index in [4.69, 9.17) is 9.47 Å². The van der Waals surface area contributed by atoms with E-state index in [-0.39, 0.29) is 11.6 Å². The zero-order chi connectivity index (χ0) is 37.3. The molecular formula is C42H38N4O5S2. The number of methoxy groups -OCH3 is 2. The molecule has 9 nitrogen and oxygen atoms in total. The number of anilines is 2. The minimum absolute atomic E-state index is 0.00649. The number of thiophene rings is 1. The maximum absolute atomic E-state index is 14.0. The lowest BCUT2D eigenvalue weighted by molar-refractivity contribution is -0.116. The number of rotatable bonds is 12. The maximum Gasteiger partial charge on any atom is 0.272 e. The fourth-order valence-electron chi connectivity index (χ4n) is 6.07. The van der Waals surface area contributed by atoms with Crippen LogP contribution in [-0.2, 0) is 22.4 Å². The molecule has 11 heteroatoms. The van der Waals surface area contributed by atoms with Crippen molar-refractivity contribution in [3.8, 4) is 17.6 Å². The first-order valence-electron chi connectivity index (χ1n) is 17.0. The van der Waals surface area contributed by atoms with Gasteiger partial charge >= 0.3 is 0 Å². The summed E-state index contributed by atoms with van der Waals surface area (Å²) in [5, 5.41) is 18.7. The standard InChI is InChI=1S/C42H38N4O5S2/c1-26-17-19-32-33(25-43)42(53-37(32)21-26)46-41(49)38(28-11-6-4-7-12-28)52-31-16-10-15-30(24-31)44-40(48)34(45-39(47)29-13-8-5-9-14-29)22-27-18-20-35(50-2)36(23-27)51-3/h4-16,18,20,22-24,26,38H,17,19,21H2,1-3H3,(H,44,48)(H,45,47)(H,46,49)/b34-22+.